The summed E-state index contributed by atoms with van der Waals surface area (Å²) < 4.78 is 0. The number of carbonyl (C=O) groups excluding carboxylic acids is 1. The summed E-state index contributed by atoms with van der Waals surface area (Å²) in [5.74, 6) is 0. The normalized spacial score (nSPS) is 10.7. The quantitative estimate of drug-likeness (QED) is 0.433. The SMILES string of the molecule is Cc1ccc(-c2cc(Nc3cc(NC=O)ccc3C)c3cc[nH]c3n2)cc1. The van der Waals surface area contributed by atoms with Crippen molar-refractivity contribution in [3.63, 3.8) is 0 Å². The minimum atomic E-state index is 0.681. The van der Waals surface area contributed by atoms with Crippen LogP contribution in [0.25, 0.3) is 22.3 Å². The van der Waals surface area contributed by atoms with Gasteiger partial charge in [-0.25, -0.2) is 4.98 Å². The van der Waals surface area contributed by atoms with Crippen molar-refractivity contribution in [2.75, 3.05) is 10.6 Å². The van der Waals surface area contributed by atoms with E-state index in [0.717, 1.165) is 44.9 Å². The van der Waals surface area contributed by atoms with Gasteiger partial charge in [0, 0.05) is 28.5 Å². The standard InChI is InChI=1S/C22H20N4O/c1-14-3-6-16(7-4-14)20-12-21(18-9-10-23-22(18)26-20)25-19-11-17(24-13-27)8-5-15(19)2/h3-13H,1-2H3,(H,24,27)(H2,23,25,26). The molecule has 0 radical (unpaired) electrons. The molecule has 0 unspecified atom stereocenters. The molecule has 27 heavy (non-hydrogen) atoms. The van der Waals surface area contributed by atoms with E-state index in [1.54, 1.807) is 0 Å². The van der Waals surface area contributed by atoms with Crippen LogP contribution in [0, 0.1) is 13.8 Å². The lowest BCUT2D eigenvalue weighted by atomic mass is 10.1. The minimum absolute atomic E-state index is 0.681. The summed E-state index contributed by atoms with van der Waals surface area (Å²) >= 11 is 0. The summed E-state index contributed by atoms with van der Waals surface area (Å²) in [6.45, 7) is 4.10. The molecule has 3 N–H and O–H groups in total. The van der Waals surface area contributed by atoms with E-state index in [2.05, 4.69) is 52.9 Å². The van der Waals surface area contributed by atoms with E-state index in [4.69, 9.17) is 4.98 Å². The molecule has 134 valence electrons. The molecule has 4 rings (SSSR count). The van der Waals surface area contributed by atoms with Gasteiger partial charge in [0.05, 0.1) is 11.4 Å². The van der Waals surface area contributed by atoms with Crippen molar-refractivity contribution in [3.05, 3.63) is 71.9 Å². The number of aromatic nitrogens is 2. The first kappa shape index (κ1) is 16.8. The average molecular weight is 356 g/mol. The van der Waals surface area contributed by atoms with Crippen molar-refractivity contribution in [1.82, 2.24) is 9.97 Å². The maximum Gasteiger partial charge on any atom is 0.211 e. The van der Waals surface area contributed by atoms with Gasteiger partial charge in [0.1, 0.15) is 5.65 Å². The van der Waals surface area contributed by atoms with Gasteiger partial charge in [-0.1, -0.05) is 35.9 Å². The number of nitrogens with zero attached hydrogens (tertiary/aromatic N) is 1. The van der Waals surface area contributed by atoms with Crippen molar-refractivity contribution < 1.29 is 4.79 Å². The van der Waals surface area contributed by atoms with Gasteiger partial charge in [0.2, 0.25) is 6.41 Å². The lowest BCUT2D eigenvalue weighted by Crippen LogP contribution is -1.99. The molecule has 0 fully saturated rings. The zero-order valence-corrected chi connectivity index (χ0v) is 15.2. The molecule has 1 amide bonds. The predicted molar refractivity (Wildman–Crippen MR) is 110 cm³/mol. The van der Waals surface area contributed by atoms with Crippen LogP contribution in [0.15, 0.2) is 60.8 Å². The van der Waals surface area contributed by atoms with Crippen LogP contribution in [0.1, 0.15) is 11.1 Å². The summed E-state index contributed by atoms with van der Waals surface area (Å²) in [5, 5.41) is 7.22. The van der Waals surface area contributed by atoms with Crippen LogP contribution in [0.3, 0.4) is 0 Å². The largest absolute Gasteiger partial charge is 0.355 e. The molecular formula is C22H20N4O. The highest BCUT2D eigenvalue weighted by Gasteiger charge is 2.10. The molecule has 5 nitrogen and oxygen atoms in total. The van der Waals surface area contributed by atoms with Crippen LogP contribution in [-0.2, 0) is 4.79 Å². The summed E-state index contributed by atoms with van der Waals surface area (Å²) in [6, 6.07) is 18.2. The summed E-state index contributed by atoms with van der Waals surface area (Å²) in [5.41, 5.74) is 7.73. The van der Waals surface area contributed by atoms with E-state index in [9.17, 15) is 4.79 Å². The van der Waals surface area contributed by atoms with Crippen molar-refractivity contribution in [2.45, 2.75) is 13.8 Å². The highest BCUT2D eigenvalue weighted by atomic mass is 16.1. The fourth-order valence-electron chi connectivity index (χ4n) is 3.07. The number of H-pyrrole nitrogens is 1. The number of amides is 1. The third kappa shape index (κ3) is 3.40. The zero-order chi connectivity index (χ0) is 18.8. The maximum absolute atomic E-state index is 10.8. The molecule has 0 bridgehead atoms. The molecule has 0 atom stereocenters. The Morgan fingerprint density at radius 1 is 0.963 bits per heavy atom. The fourth-order valence-corrected chi connectivity index (χ4v) is 3.07. The molecule has 0 aliphatic carbocycles. The van der Waals surface area contributed by atoms with Gasteiger partial charge in [0.25, 0.3) is 0 Å². The molecule has 2 aromatic heterocycles. The Kier molecular flexibility index (Phi) is 4.34. The van der Waals surface area contributed by atoms with Crippen LogP contribution in [0.2, 0.25) is 0 Å². The molecule has 0 saturated heterocycles. The van der Waals surface area contributed by atoms with Gasteiger partial charge >= 0.3 is 0 Å². The van der Waals surface area contributed by atoms with E-state index in [0.29, 0.717) is 6.41 Å². The number of hydrogen-bond donors (Lipinski definition) is 3. The third-order valence-corrected chi connectivity index (χ3v) is 4.61. The molecular weight excluding hydrogens is 336 g/mol. The molecule has 0 spiro atoms. The van der Waals surface area contributed by atoms with Crippen molar-refractivity contribution in [1.29, 1.82) is 0 Å². The van der Waals surface area contributed by atoms with Crippen LogP contribution in [-0.4, -0.2) is 16.4 Å². The first-order valence-electron chi connectivity index (χ1n) is 8.77. The number of benzene rings is 2. The van der Waals surface area contributed by atoms with E-state index < -0.39 is 0 Å². The molecule has 0 aliphatic rings. The topological polar surface area (TPSA) is 69.8 Å². The van der Waals surface area contributed by atoms with Crippen molar-refractivity contribution in [3.8, 4) is 11.3 Å². The second-order valence-electron chi connectivity index (χ2n) is 6.58. The number of rotatable bonds is 5. The lowest BCUT2D eigenvalue weighted by Gasteiger charge is -2.14. The summed E-state index contributed by atoms with van der Waals surface area (Å²) in [7, 11) is 0. The molecule has 4 aromatic rings. The number of carbonyl (C=O) groups is 1. The monoisotopic (exact) mass is 356 g/mol. The number of nitrogens with one attached hydrogen (secondary N) is 3. The molecule has 2 aromatic carbocycles. The molecule has 0 saturated carbocycles. The first-order valence-corrected chi connectivity index (χ1v) is 8.77. The molecule has 0 aliphatic heterocycles. The summed E-state index contributed by atoms with van der Waals surface area (Å²) in [6.07, 6.45) is 2.57. The van der Waals surface area contributed by atoms with Crippen LogP contribution >= 0.6 is 0 Å². The number of fused-ring (bicyclic) bond motifs is 1. The van der Waals surface area contributed by atoms with E-state index in [1.165, 1.54) is 5.56 Å². The number of anilines is 3. The van der Waals surface area contributed by atoms with Crippen LogP contribution in [0.4, 0.5) is 17.1 Å². The van der Waals surface area contributed by atoms with Crippen LogP contribution < -0.4 is 10.6 Å². The predicted octanol–water partition coefficient (Wildman–Crippen LogP) is 5.16. The Labute approximate surface area is 157 Å². The fraction of sp³-hybridized carbons (Fsp3) is 0.0909. The summed E-state index contributed by atoms with van der Waals surface area (Å²) in [4.78, 5) is 18.7. The Balaban J connectivity index is 1.79. The second kappa shape index (κ2) is 6.96. The zero-order valence-electron chi connectivity index (χ0n) is 15.2. The Hall–Kier alpha value is -3.60. The van der Waals surface area contributed by atoms with E-state index in [-0.39, 0.29) is 0 Å². The number of hydrogen-bond acceptors (Lipinski definition) is 3. The molecule has 2 heterocycles. The van der Waals surface area contributed by atoms with Crippen molar-refractivity contribution >= 4 is 34.5 Å². The van der Waals surface area contributed by atoms with Gasteiger partial charge in [-0.3, -0.25) is 4.79 Å². The first-order chi connectivity index (χ1) is 13.1. The third-order valence-electron chi connectivity index (χ3n) is 4.61. The molecule has 5 heteroatoms. The van der Waals surface area contributed by atoms with Crippen LogP contribution in [0.5, 0.6) is 0 Å². The Bertz CT molecular complexity index is 1110. The maximum atomic E-state index is 10.8. The Morgan fingerprint density at radius 2 is 1.78 bits per heavy atom. The van der Waals surface area contributed by atoms with Gasteiger partial charge in [-0.05, 0) is 43.7 Å². The highest BCUT2D eigenvalue weighted by Crippen LogP contribution is 2.32. The minimum Gasteiger partial charge on any atom is -0.355 e. The second-order valence-corrected chi connectivity index (χ2v) is 6.58. The number of aryl methyl sites for hydroxylation is 2. The van der Waals surface area contributed by atoms with Gasteiger partial charge < -0.3 is 15.6 Å². The van der Waals surface area contributed by atoms with Gasteiger partial charge in [-0.2, -0.15) is 0 Å². The number of pyridine rings is 1. The smallest absolute Gasteiger partial charge is 0.211 e. The van der Waals surface area contributed by atoms with E-state index >= 15 is 0 Å². The lowest BCUT2D eigenvalue weighted by molar-refractivity contribution is -0.105. The average Bonchev–Trinajstić information content (AvgIpc) is 3.14. The van der Waals surface area contributed by atoms with Crippen molar-refractivity contribution in [2.24, 2.45) is 0 Å². The number of aromatic amines is 1. The van der Waals surface area contributed by atoms with Gasteiger partial charge in [0.15, 0.2) is 0 Å². The Morgan fingerprint density at radius 3 is 2.56 bits per heavy atom. The van der Waals surface area contributed by atoms with E-state index in [1.807, 2.05) is 37.4 Å². The highest BCUT2D eigenvalue weighted by molar-refractivity contribution is 5.94. The van der Waals surface area contributed by atoms with Gasteiger partial charge in [-0.15, -0.1) is 0 Å².